The molecule has 0 aliphatic rings. The summed E-state index contributed by atoms with van der Waals surface area (Å²) >= 11 is 0. The number of amides is 3. The molecule has 0 radical (unpaired) electrons. The van der Waals surface area contributed by atoms with Gasteiger partial charge in [-0.2, -0.15) is 0 Å². The number of unbranched alkanes of at least 4 members (excludes halogenated alkanes) is 1. The zero-order valence-electron chi connectivity index (χ0n) is 7.85. The molecule has 0 saturated heterocycles. The van der Waals surface area contributed by atoms with E-state index in [1.165, 1.54) is 0 Å². The first kappa shape index (κ1) is 12.2. The van der Waals surface area contributed by atoms with Crippen molar-refractivity contribution < 1.29 is 9.59 Å². The lowest BCUT2D eigenvalue weighted by molar-refractivity contribution is -0.115. The molecule has 0 rings (SSSR count). The molecule has 80 valence electrons. The average Bonchev–Trinajstić information content (AvgIpc) is 2.10. The number of urea groups is 1. The van der Waals surface area contributed by atoms with Crippen LogP contribution in [0.4, 0.5) is 4.79 Å². The summed E-state index contributed by atoms with van der Waals surface area (Å²) in [7, 11) is 0. The van der Waals surface area contributed by atoms with Gasteiger partial charge in [-0.25, -0.2) is 4.79 Å². The Labute approximate surface area is 81.9 Å². The quantitative estimate of drug-likeness (QED) is 0.211. The van der Waals surface area contributed by atoms with Gasteiger partial charge in [-0.05, 0) is 12.8 Å². The van der Waals surface area contributed by atoms with Crippen LogP contribution in [0.1, 0.15) is 12.8 Å². The maximum Gasteiger partial charge on any atom is 0.321 e. The maximum absolute atomic E-state index is 10.6. The van der Waals surface area contributed by atoms with Crippen LogP contribution in [0.5, 0.6) is 0 Å². The summed E-state index contributed by atoms with van der Waals surface area (Å²) in [5.74, 6) is 0.0344. The van der Waals surface area contributed by atoms with Gasteiger partial charge in [0, 0.05) is 13.1 Å². The molecule has 0 heterocycles. The number of aliphatic imine (C=N–C) groups is 1. The topological polar surface area (TPSA) is 128 Å². The van der Waals surface area contributed by atoms with Gasteiger partial charge in [-0.1, -0.05) is 0 Å². The Hall–Kier alpha value is -1.79. The Morgan fingerprint density at radius 1 is 1.29 bits per heavy atom. The highest BCUT2D eigenvalue weighted by molar-refractivity contribution is 5.83. The highest BCUT2D eigenvalue weighted by Crippen LogP contribution is 1.93. The molecule has 7 nitrogen and oxygen atoms in total. The lowest BCUT2D eigenvalue weighted by atomic mass is 10.3. The molecule has 3 amide bonds. The molecule has 0 unspecified atom stereocenters. The predicted molar refractivity (Wildman–Crippen MR) is 52.3 cm³/mol. The highest BCUT2D eigenvalue weighted by Gasteiger charge is 2.05. The van der Waals surface area contributed by atoms with Crippen LogP contribution < -0.4 is 17.2 Å². The van der Waals surface area contributed by atoms with E-state index in [1.807, 2.05) is 0 Å². The SMILES string of the molecule is NC(=O)N(C=O)CCCCN=C(N)N. The molecule has 0 aliphatic carbocycles. The van der Waals surface area contributed by atoms with Crippen molar-refractivity contribution in [3.8, 4) is 0 Å². The number of carbonyl (C=O) groups is 2. The summed E-state index contributed by atoms with van der Waals surface area (Å²) in [5.41, 5.74) is 15.1. The van der Waals surface area contributed by atoms with Crippen molar-refractivity contribution in [1.82, 2.24) is 4.90 Å². The molecule has 6 N–H and O–H groups in total. The van der Waals surface area contributed by atoms with Gasteiger partial charge in [-0.15, -0.1) is 0 Å². The van der Waals surface area contributed by atoms with E-state index in [2.05, 4.69) is 4.99 Å². The minimum atomic E-state index is -0.748. The number of hydrogen-bond donors (Lipinski definition) is 3. The Kier molecular flexibility index (Phi) is 5.84. The van der Waals surface area contributed by atoms with Crippen LogP contribution >= 0.6 is 0 Å². The standard InChI is InChI=1S/C7H15N5O2/c8-6(9)11-3-1-2-4-12(5-13)7(10)14/h5H,1-4H2,(H2,10,14)(H4,8,9,11). The third-order valence-electron chi connectivity index (χ3n) is 1.51. The molecule has 0 atom stereocenters. The van der Waals surface area contributed by atoms with Crippen molar-refractivity contribution in [3.63, 3.8) is 0 Å². The second-order valence-corrected chi connectivity index (χ2v) is 2.65. The predicted octanol–water partition coefficient (Wildman–Crippen LogP) is -1.42. The van der Waals surface area contributed by atoms with Crippen molar-refractivity contribution in [2.75, 3.05) is 13.1 Å². The molecule has 0 fully saturated rings. The largest absolute Gasteiger partial charge is 0.370 e. The van der Waals surface area contributed by atoms with E-state index in [9.17, 15) is 9.59 Å². The van der Waals surface area contributed by atoms with E-state index in [1.54, 1.807) is 0 Å². The molecule has 0 aromatic rings. The zero-order chi connectivity index (χ0) is 11.0. The number of primary amides is 1. The monoisotopic (exact) mass is 201 g/mol. The van der Waals surface area contributed by atoms with E-state index >= 15 is 0 Å². The van der Waals surface area contributed by atoms with Crippen LogP contribution in [0, 0.1) is 0 Å². The summed E-state index contributed by atoms with van der Waals surface area (Å²) < 4.78 is 0. The Morgan fingerprint density at radius 2 is 1.93 bits per heavy atom. The fraction of sp³-hybridized carbons (Fsp3) is 0.571. The van der Waals surface area contributed by atoms with Crippen LogP contribution in [0.3, 0.4) is 0 Å². The average molecular weight is 201 g/mol. The number of imide groups is 1. The number of rotatable bonds is 6. The third-order valence-corrected chi connectivity index (χ3v) is 1.51. The van der Waals surface area contributed by atoms with Gasteiger partial charge in [-0.3, -0.25) is 14.7 Å². The van der Waals surface area contributed by atoms with Crippen LogP contribution in [0.15, 0.2) is 4.99 Å². The van der Waals surface area contributed by atoms with Crippen LogP contribution in [-0.4, -0.2) is 36.4 Å². The molecule has 0 aliphatic heterocycles. The number of nitrogens with two attached hydrogens (primary N) is 3. The van der Waals surface area contributed by atoms with E-state index in [4.69, 9.17) is 17.2 Å². The first-order chi connectivity index (χ1) is 6.57. The molecular weight excluding hydrogens is 186 g/mol. The van der Waals surface area contributed by atoms with E-state index in [0.717, 1.165) is 4.90 Å². The summed E-state index contributed by atoms with van der Waals surface area (Å²) in [5, 5.41) is 0. The molecule has 0 spiro atoms. The van der Waals surface area contributed by atoms with Crippen molar-refractivity contribution in [2.24, 2.45) is 22.2 Å². The number of nitrogens with zero attached hydrogens (tertiary/aromatic N) is 2. The summed E-state index contributed by atoms with van der Waals surface area (Å²) in [6.07, 6.45) is 1.72. The van der Waals surface area contributed by atoms with Crippen molar-refractivity contribution >= 4 is 18.4 Å². The second-order valence-electron chi connectivity index (χ2n) is 2.65. The van der Waals surface area contributed by atoms with Gasteiger partial charge in [0.15, 0.2) is 5.96 Å². The van der Waals surface area contributed by atoms with Gasteiger partial charge < -0.3 is 17.2 Å². The van der Waals surface area contributed by atoms with Crippen molar-refractivity contribution in [2.45, 2.75) is 12.8 Å². The summed E-state index contributed by atoms with van der Waals surface area (Å²) in [6.45, 7) is 0.770. The smallest absolute Gasteiger partial charge is 0.321 e. The first-order valence-electron chi connectivity index (χ1n) is 4.14. The third kappa shape index (κ3) is 5.81. The Balaban J connectivity index is 3.57. The fourth-order valence-corrected chi connectivity index (χ4v) is 0.817. The molecule has 0 aromatic carbocycles. The zero-order valence-corrected chi connectivity index (χ0v) is 7.85. The fourth-order valence-electron chi connectivity index (χ4n) is 0.817. The second kappa shape index (κ2) is 6.70. The minimum Gasteiger partial charge on any atom is -0.370 e. The molecule has 0 aromatic heterocycles. The van der Waals surface area contributed by atoms with Crippen LogP contribution in [0.2, 0.25) is 0 Å². The van der Waals surface area contributed by atoms with E-state index in [0.29, 0.717) is 32.3 Å². The van der Waals surface area contributed by atoms with Crippen molar-refractivity contribution in [1.29, 1.82) is 0 Å². The van der Waals surface area contributed by atoms with Gasteiger partial charge in [0.05, 0.1) is 0 Å². The van der Waals surface area contributed by atoms with Crippen LogP contribution in [0.25, 0.3) is 0 Å². The maximum atomic E-state index is 10.6. The number of guanidine groups is 1. The molecule has 0 saturated carbocycles. The summed E-state index contributed by atoms with van der Waals surface area (Å²) in [6, 6.07) is -0.748. The van der Waals surface area contributed by atoms with Gasteiger partial charge >= 0.3 is 6.03 Å². The number of carbonyl (C=O) groups excluding carboxylic acids is 2. The lowest BCUT2D eigenvalue weighted by Gasteiger charge is -2.10. The Bertz CT molecular complexity index is 224. The van der Waals surface area contributed by atoms with E-state index in [-0.39, 0.29) is 5.96 Å². The highest BCUT2D eigenvalue weighted by atomic mass is 16.2. The van der Waals surface area contributed by atoms with Gasteiger partial charge in [0.2, 0.25) is 6.41 Å². The summed E-state index contributed by atoms with van der Waals surface area (Å²) in [4.78, 5) is 25.5. The van der Waals surface area contributed by atoms with Gasteiger partial charge in [0.25, 0.3) is 0 Å². The molecular formula is C7H15N5O2. The Morgan fingerprint density at radius 3 is 2.36 bits per heavy atom. The normalized spacial score (nSPS) is 9.14. The van der Waals surface area contributed by atoms with Crippen molar-refractivity contribution in [3.05, 3.63) is 0 Å². The minimum absolute atomic E-state index is 0.0344. The van der Waals surface area contributed by atoms with Gasteiger partial charge in [0.1, 0.15) is 0 Å². The van der Waals surface area contributed by atoms with Crippen LogP contribution in [-0.2, 0) is 4.79 Å². The molecule has 7 heteroatoms. The van der Waals surface area contributed by atoms with E-state index < -0.39 is 6.03 Å². The lowest BCUT2D eigenvalue weighted by Crippen LogP contribution is -2.35. The number of hydrogen-bond acceptors (Lipinski definition) is 3. The molecule has 14 heavy (non-hydrogen) atoms. The molecule has 0 bridgehead atoms. The first-order valence-corrected chi connectivity index (χ1v) is 4.14.